The van der Waals surface area contributed by atoms with Crippen molar-refractivity contribution >= 4 is 46.5 Å². The van der Waals surface area contributed by atoms with Gasteiger partial charge < -0.3 is 4.74 Å². The van der Waals surface area contributed by atoms with Gasteiger partial charge in [0.15, 0.2) is 0 Å². The van der Waals surface area contributed by atoms with Gasteiger partial charge in [-0.2, -0.15) is 0 Å². The first kappa shape index (κ1) is 17.0. The number of hydrogen-bond donors (Lipinski definition) is 0. The van der Waals surface area contributed by atoms with Crippen LogP contribution < -0.4 is 0 Å². The van der Waals surface area contributed by atoms with E-state index in [1.807, 2.05) is 0 Å². The van der Waals surface area contributed by atoms with E-state index in [2.05, 4.69) is 0 Å². The van der Waals surface area contributed by atoms with Crippen LogP contribution in [-0.2, 0) is 16.0 Å². The fourth-order valence-electron chi connectivity index (χ4n) is 1.52. The molecule has 0 atom stereocenters. The average molecular weight is 341 g/mol. The van der Waals surface area contributed by atoms with Gasteiger partial charge in [0.2, 0.25) is 0 Å². The third-order valence-corrected chi connectivity index (χ3v) is 3.28. The zero-order valence-electron chi connectivity index (χ0n) is 11.0. The molecule has 0 aromatic heterocycles. The Hall–Kier alpha value is -1.04. The minimum Gasteiger partial charge on any atom is -0.460 e. The predicted molar refractivity (Wildman–Crippen MR) is 77.7 cm³/mol. The number of halogens is 3. The molecule has 0 unspecified atom stereocenters. The lowest BCUT2D eigenvalue weighted by Gasteiger charge is -2.19. The summed E-state index contributed by atoms with van der Waals surface area (Å²) in [6.07, 6.45) is -0.382. The molecule has 8 heteroatoms. The van der Waals surface area contributed by atoms with E-state index >= 15 is 0 Å². The zero-order valence-corrected chi connectivity index (χ0v) is 13.3. The van der Waals surface area contributed by atoms with Gasteiger partial charge in [-0.25, -0.2) is 0 Å². The van der Waals surface area contributed by atoms with Gasteiger partial charge in [-0.15, -0.1) is 0 Å². The molecule has 0 aliphatic carbocycles. The number of carbonyl (C=O) groups is 1. The minimum absolute atomic E-state index is 0.0424. The summed E-state index contributed by atoms with van der Waals surface area (Å²) in [7, 11) is 0. The van der Waals surface area contributed by atoms with Crippen molar-refractivity contribution in [3.63, 3.8) is 0 Å². The molecule has 1 aromatic rings. The number of ether oxygens (including phenoxy) is 1. The molecule has 0 aliphatic rings. The molecule has 0 aliphatic heterocycles. The number of nitro benzene ring substituents is 1. The van der Waals surface area contributed by atoms with E-state index in [1.165, 1.54) is 6.07 Å². The Bertz CT molecular complexity index is 567. The van der Waals surface area contributed by atoms with Crippen LogP contribution in [-0.4, -0.2) is 16.5 Å². The number of benzene rings is 1. The number of rotatable bonds is 3. The van der Waals surface area contributed by atoms with Crippen LogP contribution in [0.15, 0.2) is 6.07 Å². The van der Waals surface area contributed by atoms with E-state index in [0.717, 1.165) is 0 Å². The highest BCUT2D eigenvalue weighted by Crippen LogP contribution is 2.39. The molecule has 0 fully saturated rings. The van der Waals surface area contributed by atoms with Crippen molar-refractivity contribution < 1.29 is 14.5 Å². The van der Waals surface area contributed by atoms with Gasteiger partial charge in [0, 0.05) is 0 Å². The summed E-state index contributed by atoms with van der Waals surface area (Å²) < 4.78 is 5.10. The Balaban J connectivity index is 3.23. The second-order valence-electron chi connectivity index (χ2n) is 5.00. The smallest absolute Gasteiger partial charge is 0.311 e. The van der Waals surface area contributed by atoms with E-state index in [1.54, 1.807) is 20.8 Å². The van der Waals surface area contributed by atoms with Crippen LogP contribution in [0.3, 0.4) is 0 Å². The first-order chi connectivity index (χ1) is 9.03. The molecule has 110 valence electrons. The number of hydrogen-bond acceptors (Lipinski definition) is 4. The standard InChI is InChI=1S/C12H12Cl3NO4/c1-12(2,3)20-9(17)4-6-10(15)7(13)5-8(14)11(6)16(18)19/h5H,4H2,1-3H3. The fourth-order valence-corrected chi connectivity index (χ4v) is 2.30. The van der Waals surface area contributed by atoms with Gasteiger partial charge in [-0.05, 0) is 26.8 Å². The number of esters is 1. The van der Waals surface area contributed by atoms with E-state index in [-0.39, 0.29) is 27.1 Å². The fraction of sp³-hybridized carbons (Fsp3) is 0.417. The first-order valence-electron chi connectivity index (χ1n) is 5.55. The van der Waals surface area contributed by atoms with Crippen LogP contribution in [0.1, 0.15) is 26.3 Å². The maximum absolute atomic E-state index is 11.8. The molecule has 1 rings (SSSR count). The highest BCUT2D eigenvalue weighted by molar-refractivity contribution is 6.44. The third kappa shape index (κ3) is 4.23. The molecule has 20 heavy (non-hydrogen) atoms. The largest absolute Gasteiger partial charge is 0.460 e. The van der Waals surface area contributed by atoms with E-state index in [4.69, 9.17) is 39.5 Å². The topological polar surface area (TPSA) is 69.4 Å². The van der Waals surface area contributed by atoms with E-state index in [9.17, 15) is 14.9 Å². The summed E-state index contributed by atoms with van der Waals surface area (Å²) in [6.45, 7) is 5.06. The molecule has 0 N–H and O–H groups in total. The zero-order chi connectivity index (χ0) is 15.7. The van der Waals surface area contributed by atoms with Gasteiger partial charge in [-0.3, -0.25) is 14.9 Å². The van der Waals surface area contributed by atoms with Gasteiger partial charge in [0.25, 0.3) is 5.69 Å². The number of nitro groups is 1. The maximum atomic E-state index is 11.8. The summed E-state index contributed by atoms with van der Waals surface area (Å²) in [5.74, 6) is -0.652. The van der Waals surface area contributed by atoms with Gasteiger partial charge in [0.1, 0.15) is 10.6 Å². The highest BCUT2D eigenvalue weighted by atomic mass is 35.5. The summed E-state index contributed by atoms with van der Waals surface area (Å²) >= 11 is 17.5. The van der Waals surface area contributed by atoms with Crippen LogP contribution in [0.5, 0.6) is 0 Å². The van der Waals surface area contributed by atoms with Crippen molar-refractivity contribution in [3.8, 4) is 0 Å². The highest BCUT2D eigenvalue weighted by Gasteiger charge is 2.27. The third-order valence-electron chi connectivity index (χ3n) is 2.16. The van der Waals surface area contributed by atoms with Crippen molar-refractivity contribution in [2.45, 2.75) is 32.8 Å². The van der Waals surface area contributed by atoms with Crippen LogP contribution >= 0.6 is 34.8 Å². The van der Waals surface area contributed by atoms with Crippen LogP contribution in [0.4, 0.5) is 5.69 Å². The summed E-state index contributed by atoms with van der Waals surface area (Å²) in [4.78, 5) is 22.1. The van der Waals surface area contributed by atoms with Gasteiger partial charge in [0.05, 0.1) is 27.0 Å². The second kappa shape index (κ2) is 6.16. The van der Waals surface area contributed by atoms with Crippen LogP contribution in [0, 0.1) is 10.1 Å². The Morgan fingerprint density at radius 3 is 2.30 bits per heavy atom. The monoisotopic (exact) mass is 339 g/mol. The van der Waals surface area contributed by atoms with Gasteiger partial charge >= 0.3 is 5.97 Å². The molecule has 1 aromatic carbocycles. The lowest BCUT2D eigenvalue weighted by Crippen LogP contribution is -2.25. The first-order valence-corrected chi connectivity index (χ1v) is 6.69. The van der Waals surface area contributed by atoms with Gasteiger partial charge in [-0.1, -0.05) is 34.8 Å². The predicted octanol–water partition coefficient (Wildman–Crippen LogP) is 4.44. The molecular formula is C12H12Cl3NO4. The van der Waals surface area contributed by atoms with E-state index < -0.39 is 22.2 Å². The molecule has 0 saturated carbocycles. The number of nitrogens with zero attached hydrogens (tertiary/aromatic N) is 1. The Labute approximate surface area is 130 Å². The van der Waals surface area contributed by atoms with Crippen LogP contribution in [0.2, 0.25) is 15.1 Å². The molecule has 0 saturated heterocycles. The van der Waals surface area contributed by atoms with Crippen molar-refractivity contribution in [3.05, 3.63) is 36.8 Å². The molecule has 0 radical (unpaired) electrons. The van der Waals surface area contributed by atoms with Crippen molar-refractivity contribution in [1.29, 1.82) is 0 Å². The Kier molecular flexibility index (Phi) is 5.24. The molecule has 0 spiro atoms. The molecule has 5 nitrogen and oxygen atoms in total. The normalized spacial score (nSPS) is 11.3. The van der Waals surface area contributed by atoms with Crippen molar-refractivity contribution in [2.75, 3.05) is 0 Å². The lowest BCUT2D eigenvalue weighted by molar-refractivity contribution is -0.385. The maximum Gasteiger partial charge on any atom is 0.311 e. The lowest BCUT2D eigenvalue weighted by atomic mass is 10.1. The Morgan fingerprint density at radius 2 is 1.85 bits per heavy atom. The molecule has 0 heterocycles. The van der Waals surface area contributed by atoms with Crippen molar-refractivity contribution in [1.82, 2.24) is 0 Å². The van der Waals surface area contributed by atoms with Crippen molar-refractivity contribution in [2.24, 2.45) is 0 Å². The Morgan fingerprint density at radius 1 is 1.30 bits per heavy atom. The quantitative estimate of drug-likeness (QED) is 0.353. The average Bonchev–Trinajstić information content (AvgIpc) is 2.22. The summed E-state index contributed by atoms with van der Waals surface area (Å²) in [5, 5.41) is 10.8. The SMILES string of the molecule is CC(C)(C)OC(=O)Cc1c(Cl)c(Cl)cc(Cl)c1[N+](=O)[O-]. The summed E-state index contributed by atoms with van der Waals surface area (Å²) in [6, 6.07) is 1.17. The molecule has 0 amide bonds. The minimum atomic E-state index is -0.708. The summed E-state index contributed by atoms with van der Waals surface area (Å²) in [5.41, 5.74) is -1.20. The molecular weight excluding hydrogens is 328 g/mol. The van der Waals surface area contributed by atoms with E-state index in [0.29, 0.717) is 0 Å². The second-order valence-corrected chi connectivity index (χ2v) is 6.19. The molecule has 0 bridgehead atoms. The van der Waals surface area contributed by atoms with Crippen LogP contribution in [0.25, 0.3) is 0 Å². The number of carbonyl (C=O) groups excluding carboxylic acids is 1.